The second-order valence-corrected chi connectivity index (χ2v) is 3.84. The number of nitrogen functional groups attached to an aromatic ring is 1. The van der Waals surface area contributed by atoms with Crippen LogP contribution in [0.25, 0.3) is 0 Å². The molecule has 0 saturated carbocycles. The number of benzene rings is 1. The van der Waals surface area contributed by atoms with E-state index in [1.54, 1.807) is 31.4 Å². The first-order chi connectivity index (χ1) is 9.13. The van der Waals surface area contributed by atoms with Crippen molar-refractivity contribution in [2.45, 2.75) is 13.5 Å². The predicted octanol–water partition coefficient (Wildman–Crippen LogP) is 1.71. The molecular weight excluding hydrogens is 246 g/mol. The highest BCUT2D eigenvalue weighted by Crippen LogP contribution is 2.20. The van der Waals surface area contributed by atoms with E-state index in [1.165, 1.54) is 10.7 Å². The fraction of sp³-hybridized carbons (Fsp3) is 0.231. The van der Waals surface area contributed by atoms with Crippen molar-refractivity contribution < 1.29 is 14.3 Å². The topological polar surface area (TPSA) is 79.4 Å². The number of aromatic nitrogens is 2. The third kappa shape index (κ3) is 2.85. The van der Waals surface area contributed by atoms with Gasteiger partial charge in [-0.1, -0.05) is 6.07 Å². The van der Waals surface area contributed by atoms with Crippen LogP contribution in [-0.2, 0) is 6.54 Å². The van der Waals surface area contributed by atoms with Gasteiger partial charge in [-0.15, -0.1) is 0 Å². The van der Waals surface area contributed by atoms with E-state index < -0.39 is 5.97 Å². The molecule has 0 aliphatic carbocycles. The predicted molar refractivity (Wildman–Crippen MR) is 70.3 cm³/mol. The zero-order valence-corrected chi connectivity index (χ0v) is 10.8. The summed E-state index contributed by atoms with van der Waals surface area (Å²) in [6.45, 7) is 2.48. The molecule has 0 aliphatic rings. The van der Waals surface area contributed by atoms with E-state index in [-0.39, 0.29) is 5.69 Å². The van der Waals surface area contributed by atoms with Crippen molar-refractivity contribution in [3.63, 3.8) is 0 Å². The number of esters is 1. The SMILES string of the molecule is CCn1nc(C(=O)Oc2cccc(OC)c2)cc1N. The molecule has 2 N–H and O–H groups in total. The van der Waals surface area contributed by atoms with Crippen LogP contribution in [0.15, 0.2) is 30.3 Å². The molecule has 100 valence electrons. The first-order valence-electron chi connectivity index (χ1n) is 5.83. The summed E-state index contributed by atoms with van der Waals surface area (Å²) in [5.41, 5.74) is 5.88. The van der Waals surface area contributed by atoms with Gasteiger partial charge >= 0.3 is 5.97 Å². The van der Waals surface area contributed by atoms with Gasteiger partial charge in [-0.05, 0) is 19.1 Å². The zero-order valence-electron chi connectivity index (χ0n) is 10.8. The minimum atomic E-state index is -0.549. The quantitative estimate of drug-likeness (QED) is 0.669. The van der Waals surface area contributed by atoms with Crippen LogP contribution in [0.2, 0.25) is 0 Å². The summed E-state index contributed by atoms with van der Waals surface area (Å²) in [4.78, 5) is 11.9. The number of hydrogen-bond donors (Lipinski definition) is 1. The second-order valence-electron chi connectivity index (χ2n) is 3.84. The van der Waals surface area contributed by atoms with Crippen molar-refractivity contribution in [3.05, 3.63) is 36.0 Å². The summed E-state index contributed by atoms with van der Waals surface area (Å²) in [5.74, 6) is 0.894. The fourth-order valence-corrected chi connectivity index (χ4v) is 1.61. The lowest BCUT2D eigenvalue weighted by molar-refractivity contribution is 0.0727. The standard InChI is InChI=1S/C13H15N3O3/c1-3-16-12(14)8-11(15-16)13(17)19-10-6-4-5-9(7-10)18-2/h4-8H,3,14H2,1-2H3. The lowest BCUT2D eigenvalue weighted by Crippen LogP contribution is -2.10. The van der Waals surface area contributed by atoms with Crippen LogP contribution in [0, 0.1) is 0 Å². The Morgan fingerprint density at radius 2 is 2.11 bits per heavy atom. The Morgan fingerprint density at radius 1 is 1.37 bits per heavy atom. The first kappa shape index (κ1) is 12.9. The van der Waals surface area contributed by atoms with E-state index in [1.807, 2.05) is 6.92 Å². The van der Waals surface area contributed by atoms with Crippen LogP contribution in [0.3, 0.4) is 0 Å². The molecule has 2 rings (SSSR count). The molecule has 0 unspecified atom stereocenters. The molecule has 19 heavy (non-hydrogen) atoms. The molecule has 0 fully saturated rings. The average Bonchev–Trinajstić information content (AvgIpc) is 2.80. The maximum absolute atomic E-state index is 11.9. The van der Waals surface area contributed by atoms with Crippen LogP contribution in [0.5, 0.6) is 11.5 Å². The van der Waals surface area contributed by atoms with Gasteiger partial charge in [0.1, 0.15) is 17.3 Å². The van der Waals surface area contributed by atoms with E-state index in [2.05, 4.69) is 5.10 Å². The molecule has 1 aromatic heterocycles. The van der Waals surface area contributed by atoms with E-state index in [0.29, 0.717) is 23.9 Å². The van der Waals surface area contributed by atoms with Gasteiger partial charge < -0.3 is 15.2 Å². The van der Waals surface area contributed by atoms with Crippen molar-refractivity contribution in [1.82, 2.24) is 9.78 Å². The fourth-order valence-electron chi connectivity index (χ4n) is 1.61. The van der Waals surface area contributed by atoms with Crippen molar-refractivity contribution in [1.29, 1.82) is 0 Å². The normalized spacial score (nSPS) is 10.2. The van der Waals surface area contributed by atoms with E-state index in [9.17, 15) is 4.79 Å². The second kappa shape index (κ2) is 5.43. The Kier molecular flexibility index (Phi) is 3.70. The summed E-state index contributed by atoms with van der Waals surface area (Å²) >= 11 is 0. The molecule has 0 saturated heterocycles. The molecule has 6 nitrogen and oxygen atoms in total. The molecule has 0 aliphatic heterocycles. The van der Waals surface area contributed by atoms with Crippen molar-refractivity contribution in [3.8, 4) is 11.5 Å². The molecule has 0 amide bonds. The molecule has 0 atom stereocenters. The van der Waals surface area contributed by atoms with Crippen LogP contribution in [0.1, 0.15) is 17.4 Å². The van der Waals surface area contributed by atoms with Crippen molar-refractivity contribution >= 4 is 11.8 Å². The highest BCUT2D eigenvalue weighted by atomic mass is 16.5. The van der Waals surface area contributed by atoms with Gasteiger partial charge in [0.2, 0.25) is 0 Å². The number of carbonyl (C=O) groups excluding carboxylic acids is 1. The molecule has 6 heteroatoms. The molecule has 0 bridgehead atoms. The largest absolute Gasteiger partial charge is 0.497 e. The molecular formula is C13H15N3O3. The lowest BCUT2D eigenvalue weighted by atomic mass is 10.3. The average molecular weight is 261 g/mol. The highest BCUT2D eigenvalue weighted by Gasteiger charge is 2.14. The summed E-state index contributed by atoms with van der Waals surface area (Å²) in [6.07, 6.45) is 0. The zero-order chi connectivity index (χ0) is 13.8. The Balaban J connectivity index is 2.15. The van der Waals surface area contributed by atoms with Gasteiger partial charge in [-0.3, -0.25) is 0 Å². The summed E-state index contributed by atoms with van der Waals surface area (Å²) in [7, 11) is 1.55. The number of rotatable bonds is 4. The van der Waals surface area contributed by atoms with Gasteiger partial charge in [-0.25, -0.2) is 9.48 Å². The number of methoxy groups -OCH3 is 1. The molecule has 1 heterocycles. The first-order valence-corrected chi connectivity index (χ1v) is 5.83. The number of ether oxygens (including phenoxy) is 2. The minimum absolute atomic E-state index is 0.183. The van der Waals surface area contributed by atoms with E-state index in [4.69, 9.17) is 15.2 Å². The minimum Gasteiger partial charge on any atom is -0.497 e. The number of hydrogen-bond acceptors (Lipinski definition) is 5. The monoisotopic (exact) mass is 261 g/mol. The van der Waals surface area contributed by atoms with Crippen molar-refractivity contribution in [2.75, 3.05) is 12.8 Å². The maximum Gasteiger partial charge on any atom is 0.364 e. The molecule has 1 aromatic carbocycles. The Hall–Kier alpha value is -2.50. The Labute approximate surface area is 110 Å². The number of carbonyl (C=O) groups is 1. The Morgan fingerprint density at radius 3 is 2.74 bits per heavy atom. The van der Waals surface area contributed by atoms with E-state index >= 15 is 0 Å². The molecule has 0 radical (unpaired) electrons. The van der Waals surface area contributed by atoms with E-state index in [0.717, 1.165) is 0 Å². The number of nitrogens with zero attached hydrogens (tertiary/aromatic N) is 2. The summed E-state index contributed by atoms with van der Waals surface area (Å²) in [5, 5.41) is 4.05. The van der Waals surface area contributed by atoms with Crippen molar-refractivity contribution in [2.24, 2.45) is 0 Å². The van der Waals surface area contributed by atoms with Gasteiger partial charge in [-0.2, -0.15) is 5.10 Å². The maximum atomic E-state index is 11.9. The third-order valence-corrected chi connectivity index (χ3v) is 2.57. The van der Waals surface area contributed by atoms with Crippen LogP contribution in [0.4, 0.5) is 5.82 Å². The summed E-state index contributed by atoms with van der Waals surface area (Å²) in [6, 6.07) is 8.28. The number of anilines is 1. The number of nitrogens with two attached hydrogens (primary N) is 1. The number of aryl methyl sites for hydroxylation is 1. The van der Waals surface area contributed by atoms with Gasteiger partial charge in [0, 0.05) is 18.7 Å². The van der Waals surface area contributed by atoms with Crippen LogP contribution < -0.4 is 15.2 Å². The van der Waals surface area contributed by atoms with Gasteiger partial charge in [0.25, 0.3) is 0 Å². The van der Waals surface area contributed by atoms with Crippen LogP contribution >= 0.6 is 0 Å². The summed E-state index contributed by atoms with van der Waals surface area (Å²) < 4.78 is 11.8. The molecule has 2 aromatic rings. The van der Waals surface area contributed by atoms with Gasteiger partial charge in [0.05, 0.1) is 7.11 Å². The Bertz CT molecular complexity index is 593. The third-order valence-electron chi connectivity index (χ3n) is 2.57. The smallest absolute Gasteiger partial charge is 0.364 e. The lowest BCUT2D eigenvalue weighted by Gasteiger charge is -2.04. The van der Waals surface area contributed by atoms with Gasteiger partial charge in [0.15, 0.2) is 5.69 Å². The molecule has 0 spiro atoms. The van der Waals surface area contributed by atoms with Crippen LogP contribution in [-0.4, -0.2) is 22.9 Å². The highest BCUT2D eigenvalue weighted by molar-refractivity contribution is 5.89.